The molecule has 0 aromatic carbocycles. The minimum atomic E-state index is -4.39. The van der Waals surface area contributed by atoms with Crippen LogP contribution in [0.25, 0.3) is 11.2 Å². The van der Waals surface area contributed by atoms with Crippen LogP contribution in [0.15, 0.2) is 18.6 Å². The van der Waals surface area contributed by atoms with E-state index in [2.05, 4.69) is 15.0 Å². The quantitative estimate of drug-likeness (QED) is 0.872. The molecular formula is C12H11F3N4O. The highest BCUT2D eigenvalue weighted by Gasteiger charge is 2.47. The van der Waals surface area contributed by atoms with E-state index in [1.807, 2.05) is 0 Å². The number of nitrogens with zero attached hydrogens (tertiary/aromatic N) is 3. The van der Waals surface area contributed by atoms with Gasteiger partial charge >= 0.3 is 6.18 Å². The van der Waals surface area contributed by atoms with Crippen molar-refractivity contribution in [2.24, 2.45) is 0 Å². The Labute approximate surface area is 111 Å². The molecule has 1 saturated heterocycles. The summed E-state index contributed by atoms with van der Waals surface area (Å²) in [5, 5.41) is 0. The van der Waals surface area contributed by atoms with Crippen molar-refractivity contribution in [3.05, 3.63) is 24.2 Å². The average Bonchev–Trinajstić information content (AvgIpc) is 3.05. The van der Waals surface area contributed by atoms with E-state index in [0.717, 1.165) is 4.90 Å². The number of pyridine rings is 1. The third kappa shape index (κ3) is 2.10. The van der Waals surface area contributed by atoms with Crippen LogP contribution in [0.3, 0.4) is 0 Å². The lowest BCUT2D eigenvalue weighted by Gasteiger charge is -2.26. The molecule has 1 N–H and O–H groups in total. The summed E-state index contributed by atoms with van der Waals surface area (Å²) >= 11 is 0. The second-order valence-corrected chi connectivity index (χ2v) is 4.70. The number of hydrogen-bond acceptors (Lipinski definition) is 3. The first kappa shape index (κ1) is 12.9. The fraction of sp³-hybridized carbons (Fsp3) is 0.417. The zero-order valence-electron chi connectivity index (χ0n) is 10.3. The summed E-state index contributed by atoms with van der Waals surface area (Å²) in [6.07, 6.45) is -1.40. The van der Waals surface area contributed by atoms with E-state index in [-0.39, 0.29) is 18.5 Å². The van der Waals surface area contributed by atoms with Gasteiger partial charge in [0.15, 0.2) is 5.65 Å². The van der Waals surface area contributed by atoms with Crippen LogP contribution in [0.4, 0.5) is 13.2 Å². The van der Waals surface area contributed by atoms with Gasteiger partial charge in [-0.2, -0.15) is 13.2 Å². The average molecular weight is 284 g/mol. The first-order valence-electron chi connectivity index (χ1n) is 6.13. The Kier molecular flexibility index (Phi) is 2.88. The summed E-state index contributed by atoms with van der Waals surface area (Å²) in [7, 11) is 0. The van der Waals surface area contributed by atoms with Crippen molar-refractivity contribution in [3.63, 3.8) is 0 Å². The Morgan fingerprint density at radius 3 is 2.95 bits per heavy atom. The molecular weight excluding hydrogens is 273 g/mol. The molecule has 1 amide bonds. The number of likely N-dealkylation sites (tertiary alicyclic amines) is 1. The van der Waals surface area contributed by atoms with Crippen LogP contribution >= 0.6 is 0 Å². The van der Waals surface area contributed by atoms with Gasteiger partial charge in [0.05, 0.1) is 17.4 Å². The zero-order valence-corrected chi connectivity index (χ0v) is 10.3. The summed E-state index contributed by atoms with van der Waals surface area (Å²) in [6, 6.07) is -0.226. The van der Waals surface area contributed by atoms with Crippen LogP contribution in [0, 0.1) is 0 Å². The van der Waals surface area contributed by atoms with E-state index in [1.165, 1.54) is 18.6 Å². The first-order valence-corrected chi connectivity index (χ1v) is 6.13. The highest BCUT2D eigenvalue weighted by molar-refractivity contribution is 5.96. The minimum absolute atomic E-state index is 0.0467. The summed E-state index contributed by atoms with van der Waals surface area (Å²) < 4.78 is 38.6. The molecule has 5 nitrogen and oxygen atoms in total. The summed E-state index contributed by atoms with van der Waals surface area (Å²) in [4.78, 5) is 23.7. The van der Waals surface area contributed by atoms with Gasteiger partial charge in [-0.3, -0.25) is 4.79 Å². The van der Waals surface area contributed by atoms with Crippen LogP contribution in [0.2, 0.25) is 0 Å². The van der Waals surface area contributed by atoms with Crippen molar-refractivity contribution in [3.8, 4) is 0 Å². The number of nitrogens with one attached hydrogen (secondary N) is 1. The number of alkyl halides is 3. The highest BCUT2D eigenvalue weighted by atomic mass is 19.4. The maximum absolute atomic E-state index is 12.9. The molecule has 1 fully saturated rings. The van der Waals surface area contributed by atoms with Crippen molar-refractivity contribution in [2.75, 3.05) is 6.54 Å². The Morgan fingerprint density at radius 1 is 1.40 bits per heavy atom. The van der Waals surface area contributed by atoms with Crippen molar-refractivity contribution < 1.29 is 18.0 Å². The van der Waals surface area contributed by atoms with E-state index in [4.69, 9.17) is 0 Å². The van der Waals surface area contributed by atoms with Crippen LogP contribution in [0.5, 0.6) is 0 Å². The molecule has 20 heavy (non-hydrogen) atoms. The predicted molar refractivity (Wildman–Crippen MR) is 64.0 cm³/mol. The predicted octanol–water partition coefficient (Wildman–Crippen LogP) is 2.12. The third-order valence-corrected chi connectivity index (χ3v) is 3.41. The number of halogens is 3. The zero-order chi connectivity index (χ0) is 14.3. The molecule has 2 aromatic rings. The Morgan fingerprint density at radius 2 is 2.20 bits per heavy atom. The van der Waals surface area contributed by atoms with Crippen LogP contribution in [-0.4, -0.2) is 44.5 Å². The number of rotatable bonds is 1. The standard InChI is InChI=1S/C12H11F3N4O/c13-12(14,15)9-2-1-3-19(9)11(20)7-4-8-10(16-5-7)18-6-17-8/h4-6,9H,1-3H2,(H,16,17,18)/t9-/m0/s1. The van der Waals surface area contributed by atoms with Gasteiger partial charge in [0.1, 0.15) is 6.04 Å². The van der Waals surface area contributed by atoms with Gasteiger partial charge < -0.3 is 9.88 Å². The highest BCUT2D eigenvalue weighted by Crippen LogP contribution is 2.33. The van der Waals surface area contributed by atoms with Gasteiger partial charge in [-0.1, -0.05) is 0 Å². The van der Waals surface area contributed by atoms with Crippen LogP contribution < -0.4 is 0 Å². The molecule has 1 aliphatic rings. The van der Waals surface area contributed by atoms with Crippen molar-refractivity contribution in [2.45, 2.75) is 25.1 Å². The van der Waals surface area contributed by atoms with E-state index < -0.39 is 18.1 Å². The molecule has 2 aromatic heterocycles. The Balaban J connectivity index is 1.91. The number of carbonyl (C=O) groups excluding carboxylic acids is 1. The summed E-state index contributed by atoms with van der Waals surface area (Å²) in [5.74, 6) is -0.645. The molecule has 0 bridgehead atoms. The number of hydrogen-bond donors (Lipinski definition) is 1. The molecule has 0 saturated carbocycles. The van der Waals surface area contributed by atoms with E-state index in [0.29, 0.717) is 17.6 Å². The monoisotopic (exact) mass is 284 g/mol. The minimum Gasteiger partial charge on any atom is -0.343 e. The van der Waals surface area contributed by atoms with Gasteiger partial charge in [0, 0.05) is 12.7 Å². The molecule has 1 atom stereocenters. The SMILES string of the molecule is O=C(c1cnc2nc[nH]c2c1)N1CCC[C@H]1C(F)(F)F. The fourth-order valence-corrected chi connectivity index (χ4v) is 2.46. The number of H-pyrrole nitrogens is 1. The largest absolute Gasteiger partial charge is 0.408 e. The van der Waals surface area contributed by atoms with Crippen LogP contribution in [-0.2, 0) is 0 Å². The molecule has 3 heterocycles. The van der Waals surface area contributed by atoms with E-state index in [1.54, 1.807) is 0 Å². The second-order valence-electron chi connectivity index (χ2n) is 4.70. The van der Waals surface area contributed by atoms with E-state index in [9.17, 15) is 18.0 Å². The molecule has 8 heteroatoms. The molecule has 0 unspecified atom stereocenters. The van der Waals surface area contributed by atoms with Crippen LogP contribution in [0.1, 0.15) is 23.2 Å². The summed E-state index contributed by atoms with van der Waals surface area (Å²) in [5.41, 5.74) is 1.09. The molecule has 1 aliphatic heterocycles. The molecule has 0 aliphatic carbocycles. The molecule has 106 valence electrons. The first-order chi connectivity index (χ1) is 9.47. The number of fused-ring (bicyclic) bond motifs is 1. The maximum atomic E-state index is 12.9. The van der Waals surface area contributed by atoms with E-state index >= 15 is 0 Å². The molecule has 3 rings (SSSR count). The maximum Gasteiger partial charge on any atom is 0.408 e. The van der Waals surface area contributed by atoms with Crippen molar-refractivity contribution in [1.29, 1.82) is 0 Å². The van der Waals surface area contributed by atoms with Gasteiger partial charge in [-0.15, -0.1) is 0 Å². The number of aromatic nitrogens is 3. The van der Waals surface area contributed by atoms with Gasteiger partial charge in [0.25, 0.3) is 5.91 Å². The number of carbonyl (C=O) groups is 1. The molecule has 0 spiro atoms. The lowest BCUT2D eigenvalue weighted by molar-refractivity contribution is -0.169. The molecule has 0 radical (unpaired) electrons. The van der Waals surface area contributed by atoms with Gasteiger partial charge in [-0.05, 0) is 18.9 Å². The van der Waals surface area contributed by atoms with Crippen molar-refractivity contribution in [1.82, 2.24) is 19.9 Å². The Hall–Kier alpha value is -2.12. The third-order valence-electron chi connectivity index (χ3n) is 3.41. The van der Waals surface area contributed by atoms with Gasteiger partial charge in [0.2, 0.25) is 0 Å². The van der Waals surface area contributed by atoms with Crippen molar-refractivity contribution >= 4 is 17.1 Å². The smallest absolute Gasteiger partial charge is 0.343 e. The lowest BCUT2D eigenvalue weighted by atomic mass is 10.2. The number of aromatic amines is 1. The number of imidazole rings is 1. The summed E-state index contributed by atoms with van der Waals surface area (Å²) in [6.45, 7) is 0.115. The number of amides is 1. The topological polar surface area (TPSA) is 61.9 Å². The second kappa shape index (κ2) is 4.46. The van der Waals surface area contributed by atoms with Gasteiger partial charge in [-0.25, -0.2) is 9.97 Å². The lowest BCUT2D eigenvalue weighted by Crippen LogP contribution is -2.44. The fourth-order valence-electron chi connectivity index (χ4n) is 2.46. The normalized spacial score (nSPS) is 19.8. The Bertz CT molecular complexity index is 651.